The third-order valence-electron chi connectivity index (χ3n) is 2.72. The van der Waals surface area contributed by atoms with E-state index in [4.69, 9.17) is 5.73 Å². The van der Waals surface area contributed by atoms with Crippen LogP contribution in [0.1, 0.15) is 23.8 Å². The number of nitrogens with two attached hydrogens (primary N) is 1. The number of hydrogen-bond acceptors (Lipinski definition) is 3. The highest BCUT2D eigenvalue weighted by atomic mass is 19.4. The SMILES string of the molecule is CC(CC(F)(F)F)NC(=O)c1n[nH]c2ccc(N)cc12. The number of anilines is 1. The molecule has 0 aliphatic heterocycles. The number of rotatable bonds is 3. The number of nitrogens with zero attached hydrogens (tertiary/aromatic N) is 1. The first-order valence-corrected chi connectivity index (χ1v) is 5.87. The summed E-state index contributed by atoms with van der Waals surface area (Å²) >= 11 is 0. The summed E-state index contributed by atoms with van der Waals surface area (Å²) in [4.78, 5) is 11.9. The molecule has 0 fully saturated rings. The average molecular weight is 286 g/mol. The van der Waals surface area contributed by atoms with E-state index in [9.17, 15) is 18.0 Å². The van der Waals surface area contributed by atoms with Crippen LogP contribution in [-0.2, 0) is 0 Å². The maximum Gasteiger partial charge on any atom is 0.391 e. The summed E-state index contributed by atoms with van der Waals surface area (Å²) in [5.74, 6) is -0.668. The number of nitrogen functional groups attached to an aromatic ring is 1. The molecular formula is C12H13F3N4O. The van der Waals surface area contributed by atoms with Crippen LogP contribution in [0.25, 0.3) is 10.9 Å². The van der Waals surface area contributed by atoms with Gasteiger partial charge in [-0.3, -0.25) is 9.89 Å². The van der Waals surface area contributed by atoms with Crippen LogP contribution in [0.3, 0.4) is 0 Å². The summed E-state index contributed by atoms with van der Waals surface area (Å²) in [6.45, 7) is 1.29. The molecule has 1 aromatic heterocycles. The van der Waals surface area contributed by atoms with Gasteiger partial charge in [0.1, 0.15) is 0 Å². The number of carbonyl (C=O) groups excluding carboxylic acids is 1. The minimum absolute atomic E-state index is 0.0290. The van der Waals surface area contributed by atoms with E-state index in [0.717, 1.165) is 0 Å². The van der Waals surface area contributed by atoms with Crippen molar-refractivity contribution in [2.45, 2.75) is 25.6 Å². The van der Waals surface area contributed by atoms with Gasteiger partial charge < -0.3 is 11.1 Å². The van der Waals surface area contributed by atoms with Crippen molar-refractivity contribution in [2.75, 3.05) is 5.73 Å². The van der Waals surface area contributed by atoms with Crippen molar-refractivity contribution >= 4 is 22.5 Å². The maximum atomic E-state index is 12.2. The number of aromatic nitrogens is 2. The fourth-order valence-corrected chi connectivity index (χ4v) is 1.90. The number of aromatic amines is 1. The number of halogens is 3. The van der Waals surface area contributed by atoms with Crippen molar-refractivity contribution in [3.63, 3.8) is 0 Å². The second kappa shape index (κ2) is 5.03. The van der Waals surface area contributed by atoms with Crippen molar-refractivity contribution in [1.29, 1.82) is 0 Å². The van der Waals surface area contributed by atoms with Crippen LogP contribution >= 0.6 is 0 Å². The molecule has 1 aromatic carbocycles. The number of benzene rings is 1. The molecule has 0 bridgehead atoms. The van der Waals surface area contributed by atoms with Crippen molar-refractivity contribution in [2.24, 2.45) is 0 Å². The van der Waals surface area contributed by atoms with E-state index in [1.165, 1.54) is 6.92 Å². The lowest BCUT2D eigenvalue weighted by Gasteiger charge is -2.15. The summed E-state index contributed by atoms with van der Waals surface area (Å²) in [6.07, 6.45) is -5.42. The summed E-state index contributed by atoms with van der Waals surface area (Å²) in [7, 11) is 0. The lowest BCUT2D eigenvalue weighted by Crippen LogP contribution is -2.36. The van der Waals surface area contributed by atoms with E-state index in [2.05, 4.69) is 15.5 Å². The van der Waals surface area contributed by atoms with E-state index < -0.39 is 24.5 Å². The quantitative estimate of drug-likeness (QED) is 0.756. The van der Waals surface area contributed by atoms with Crippen molar-refractivity contribution in [3.05, 3.63) is 23.9 Å². The van der Waals surface area contributed by atoms with Crippen LogP contribution < -0.4 is 11.1 Å². The van der Waals surface area contributed by atoms with Gasteiger partial charge in [-0.2, -0.15) is 18.3 Å². The third-order valence-corrected chi connectivity index (χ3v) is 2.72. The molecule has 1 atom stereocenters. The van der Waals surface area contributed by atoms with E-state index in [1.54, 1.807) is 18.2 Å². The van der Waals surface area contributed by atoms with Gasteiger partial charge in [0.15, 0.2) is 5.69 Å². The normalized spacial score (nSPS) is 13.4. The molecule has 20 heavy (non-hydrogen) atoms. The second-order valence-electron chi connectivity index (χ2n) is 4.57. The third kappa shape index (κ3) is 3.19. The van der Waals surface area contributed by atoms with Gasteiger partial charge in [-0.15, -0.1) is 0 Å². The average Bonchev–Trinajstić information content (AvgIpc) is 2.68. The molecule has 1 amide bonds. The van der Waals surface area contributed by atoms with Gasteiger partial charge in [0.25, 0.3) is 5.91 Å². The zero-order valence-electron chi connectivity index (χ0n) is 10.6. The zero-order valence-corrected chi connectivity index (χ0v) is 10.6. The molecule has 0 spiro atoms. The highest BCUT2D eigenvalue weighted by Crippen LogP contribution is 2.22. The van der Waals surface area contributed by atoms with Gasteiger partial charge in [0.2, 0.25) is 0 Å². The molecule has 1 heterocycles. The minimum Gasteiger partial charge on any atom is -0.399 e. The molecule has 0 aliphatic rings. The molecule has 0 saturated carbocycles. The number of fused-ring (bicyclic) bond motifs is 1. The van der Waals surface area contributed by atoms with Gasteiger partial charge in [0, 0.05) is 17.1 Å². The Hall–Kier alpha value is -2.25. The molecule has 8 heteroatoms. The molecule has 0 radical (unpaired) electrons. The van der Waals surface area contributed by atoms with E-state index in [0.29, 0.717) is 16.6 Å². The van der Waals surface area contributed by atoms with E-state index in [1.807, 2.05) is 0 Å². The number of H-pyrrole nitrogens is 1. The Kier molecular flexibility index (Phi) is 3.56. The summed E-state index contributed by atoms with van der Waals surface area (Å²) < 4.78 is 36.6. The second-order valence-corrected chi connectivity index (χ2v) is 4.57. The molecule has 108 valence electrons. The number of nitrogens with one attached hydrogen (secondary N) is 2. The topological polar surface area (TPSA) is 83.8 Å². The molecule has 4 N–H and O–H groups in total. The fourth-order valence-electron chi connectivity index (χ4n) is 1.90. The van der Waals surface area contributed by atoms with Crippen LogP contribution in [0, 0.1) is 0 Å². The Bertz CT molecular complexity index is 635. The standard InChI is InChI=1S/C12H13F3N4O/c1-6(5-12(13,14)15)17-11(20)10-8-4-7(16)2-3-9(8)18-19-10/h2-4,6H,5,16H2,1H3,(H,17,20)(H,18,19). The molecule has 0 saturated heterocycles. The van der Waals surface area contributed by atoms with Crippen LogP contribution in [-0.4, -0.2) is 28.3 Å². The first-order chi connectivity index (χ1) is 9.26. The Morgan fingerprint density at radius 3 is 2.85 bits per heavy atom. The Labute approximate surface area is 112 Å². The highest BCUT2D eigenvalue weighted by molar-refractivity contribution is 6.05. The van der Waals surface area contributed by atoms with Crippen LogP contribution in [0.15, 0.2) is 18.2 Å². The minimum atomic E-state index is -4.33. The van der Waals surface area contributed by atoms with Gasteiger partial charge in [-0.25, -0.2) is 0 Å². The molecule has 0 aliphatic carbocycles. The van der Waals surface area contributed by atoms with Crippen molar-refractivity contribution < 1.29 is 18.0 Å². The number of alkyl halides is 3. The number of hydrogen-bond donors (Lipinski definition) is 3. The first-order valence-electron chi connectivity index (χ1n) is 5.87. The van der Waals surface area contributed by atoms with Crippen molar-refractivity contribution in [1.82, 2.24) is 15.5 Å². The van der Waals surface area contributed by atoms with Crippen LogP contribution in [0.5, 0.6) is 0 Å². The van der Waals surface area contributed by atoms with Gasteiger partial charge in [-0.05, 0) is 25.1 Å². The highest BCUT2D eigenvalue weighted by Gasteiger charge is 2.31. The van der Waals surface area contributed by atoms with Gasteiger partial charge >= 0.3 is 6.18 Å². The summed E-state index contributed by atoms with van der Waals surface area (Å²) in [6, 6.07) is 3.79. The fraction of sp³-hybridized carbons (Fsp3) is 0.333. The van der Waals surface area contributed by atoms with Gasteiger partial charge in [0.05, 0.1) is 11.9 Å². The van der Waals surface area contributed by atoms with Crippen molar-refractivity contribution in [3.8, 4) is 0 Å². The van der Waals surface area contributed by atoms with Crippen LogP contribution in [0.2, 0.25) is 0 Å². The molecule has 5 nitrogen and oxygen atoms in total. The monoisotopic (exact) mass is 286 g/mol. The molecule has 2 rings (SSSR count). The number of carbonyl (C=O) groups is 1. The smallest absolute Gasteiger partial charge is 0.391 e. The first kappa shape index (κ1) is 14.2. The predicted octanol–water partition coefficient (Wildman–Crippen LogP) is 2.22. The molecule has 2 aromatic rings. The predicted molar refractivity (Wildman–Crippen MR) is 68.1 cm³/mol. The Morgan fingerprint density at radius 2 is 2.20 bits per heavy atom. The largest absolute Gasteiger partial charge is 0.399 e. The molecule has 1 unspecified atom stereocenters. The molecular weight excluding hydrogens is 273 g/mol. The summed E-state index contributed by atoms with van der Waals surface area (Å²) in [5.41, 5.74) is 6.68. The van der Waals surface area contributed by atoms with Gasteiger partial charge in [-0.1, -0.05) is 0 Å². The van der Waals surface area contributed by atoms with E-state index in [-0.39, 0.29) is 5.69 Å². The van der Waals surface area contributed by atoms with Crippen LogP contribution in [0.4, 0.5) is 18.9 Å². The maximum absolute atomic E-state index is 12.2. The lowest BCUT2D eigenvalue weighted by molar-refractivity contribution is -0.138. The Balaban J connectivity index is 2.17. The number of amides is 1. The summed E-state index contributed by atoms with van der Waals surface area (Å²) in [5, 5.41) is 9.18. The van der Waals surface area contributed by atoms with E-state index >= 15 is 0 Å². The lowest BCUT2D eigenvalue weighted by atomic mass is 10.1. The Morgan fingerprint density at radius 1 is 1.50 bits per heavy atom. The zero-order chi connectivity index (χ0) is 14.9.